The maximum absolute atomic E-state index is 12.2. The molecule has 1 atom stereocenters. The van der Waals surface area contributed by atoms with Gasteiger partial charge in [0, 0.05) is 23.4 Å². The molecule has 2 rings (SSSR count). The molecular formula is C16H22BrNO2. The minimum Gasteiger partial charge on any atom is -0.493 e. The molecule has 1 heterocycles. The van der Waals surface area contributed by atoms with Gasteiger partial charge in [0.2, 0.25) is 0 Å². The quantitative estimate of drug-likeness (QED) is 0.805. The maximum Gasteiger partial charge on any atom is 0.251 e. The van der Waals surface area contributed by atoms with Crippen LogP contribution in [-0.2, 0) is 6.42 Å². The number of carbonyl (C=O) groups is 1. The van der Waals surface area contributed by atoms with E-state index in [4.69, 9.17) is 4.74 Å². The van der Waals surface area contributed by atoms with Crippen molar-refractivity contribution in [1.82, 2.24) is 5.32 Å². The van der Waals surface area contributed by atoms with Gasteiger partial charge in [0.25, 0.3) is 5.91 Å². The summed E-state index contributed by atoms with van der Waals surface area (Å²) in [6.07, 6.45) is 3.14. The van der Waals surface area contributed by atoms with Crippen LogP contribution in [-0.4, -0.2) is 23.9 Å². The lowest BCUT2D eigenvalue weighted by atomic mass is 9.99. The van der Waals surface area contributed by atoms with Gasteiger partial charge in [-0.3, -0.25) is 4.79 Å². The van der Waals surface area contributed by atoms with Gasteiger partial charge in [-0.2, -0.15) is 0 Å². The zero-order valence-electron chi connectivity index (χ0n) is 12.1. The summed E-state index contributed by atoms with van der Waals surface area (Å²) < 4.78 is 5.45. The van der Waals surface area contributed by atoms with E-state index in [0.717, 1.165) is 42.7 Å². The molecule has 1 aliphatic heterocycles. The number of carbonyl (C=O) groups excluding carboxylic acids is 1. The molecule has 0 saturated heterocycles. The number of ether oxygens (including phenoxy) is 1. The summed E-state index contributed by atoms with van der Waals surface area (Å²) in [5.41, 5.74) is 1.85. The highest BCUT2D eigenvalue weighted by molar-refractivity contribution is 9.09. The van der Waals surface area contributed by atoms with Crippen LogP contribution in [0.4, 0.5) is 0 Å². The van der Waals surface area contributed by atoms with E-state index in [9.17, 15) is 4.79 Å². The fourth-order valence-corrected chi connectivity index (χ4v) is 3.50. The lowest BCUT2D eigenvalue weighted by molar-refractivity contribution is 0.0952. The van der Waals surface area contributed by atoms with Crippen molar-refractivity contribution in [2.75, 3.05) is 13.2 Å². The van der Waals surface area contributed by atoms with Crippen LogP contribution in [0.5, 0.6) is 5.75 Å². The maximum atomic E-state index is 12.2. The molecule has 0 aliphatic carbocycles. The van der Waals surface area contributed by atoms with Gasteiger partial charge >= 0.3 is 0 Å². The normalized spacial score (nSPS) is 14.8. The monoisotopic (exact) mass is 339 g/mol. The third-order valence-corrected chi connectivity index (χ3v) is 5.04. The van der Waals surface area contributed by atoms with E-state index in [1.165, 1.54) is 0 Å². The first kappa shape index (κ1) is 15.4. The Labute approximate surface area is 129 Å². The third-order valence-electron chi connectivity index (χ3n) is 3.97. The zero-order valence-corrected chi connectivity index (χ0v) is 13.7. The number of hydrogen-bond donors (Lipinski definition) is 1. The highest BCUT2D eigenvalue weighted by atomic mass is 79.9. The Morgan fingerprint density at radius 3 is 2.85 bits per heavy atom. The lowest BCUT2D eigenvalue weighted by Crippen LogP contribution is -2.32. The van der Waals surface area contributed by atoms with E-state index in [2.05, 4.69) is 35.1 Å². The van der Waals surface area contributed by atoms with E-state index in [1.54, 1.807) is 0 Å². The van der Waals surface area contributed by atoms with Gasteiger partial charge in [-0.25, -0.2) is 0 Å². The lowest BCUT2D eigenvalue weighted by Gasteiger charge is -2.20. The molecule has 110 valence electrons. The second-order valence-corrected chi connectivity index (χ2v) is 6.40. The molecule has 1 aliphatic rings. The molecule has 4 heteroatoms. The summed E-state index contributed by atoms with van der Waals surface area (Å²) in [4.78, 5) is 12.5. The predicted octanol–water partition coefficient (Wildman–Crippen LogP) is 3.55. The van der Waals surface area contributed by atoms with Crippen LogP contribution >= 0.6 is 15.9 Å². The Morgan fingerprint density at radius 1 is 1.40 bits per heavy atom. The molecule has 0 saturated carbocycles. The number of nitrogens with one attached hydrogen (secondary N) is 1. The number of alkyl halides is 1. The summed E-state index contributed by atoms with van der Waals surface area (Å²) in [7, 11) is 0. The first-order valence-electron chi connectivity index (χ1n) is 7.33. The molecule has 0 radical (unpaired) electrons. The van der Waals surface area contributed by atoms with Crippen molar-refractivity contribution < 1.29 is 9.53 Å². The smallest absolute Gasteiger partial charge is 0.251 e. The van der Waals surface area contributed by atoms with Crippen molar-refractivity contribution in [3.63, 3.8) is 0 Å². The zero-order chi connectivity index (χ0) is 14.5. The van der Waals surface area contributed by atoms with Crippen molar-refractivity contribution in [2.24, 2.45) is 5.92 Å². The fourth-order valence-electron chi connectivity index (χ4n) is 2.59. The van der Waals surface area contributed by atoms with Crippen molar-refractivity contribution in [2.45, 2.75) is 37.9 Å². The van der Waals surface area contributed by atoms with Crippen LogP contribution < -0.4 is 10.1 Å². The molecule has 1 aromatic carbocycles. The Bertz CT molecular complexity index is 472. The molecule has 1 aromatic rings. The van der Waals surface area contributed by atoms with Gasteiger partial charge in [-0.1, -0.05) is 42.6 Å². The standard InChI is InChI=1S/C16H22BrNO2/c1-3-11(4-2)14(17)10-18-16(19)13-5-6-15-12(9-13)7-8-20-15/h5-6,9,11,14H,3-4,7-8,10H2,1-2H3,(H,18,19). The Balaban J connectivity index is 1.92. The van der Waals surface area contributed by atoms with Gasteiger partial charge in [-0.15, -0.1) is 0 Å². The number of rotatable bonds is 6. The van der Waals surface area contributed by atoms with Crippen LogP contribution in [0.3, 0.4) is 0 Å². The molecule has 0 bridgehead atoms. The molecule has 1 N–H and O–H groups in total. The van der Waals surface area contributed by atoms with E-state index >= 15 is 0 Å². The number of hydrogen-bond acceptors (Lipinski definition) is 2. The summed E-state index contributed by atoms with van der Waals surface area (Å²) in [6, 6.07) is 5.67. The first-order valence-corrected chi connectivity index (χ1v) is 8.25. The highest BCUT2D eigenvalue weighted by Crippen LogP contribution is 2.26. The number of amides is 1. The fraction of sp³-hybridized carbons (Fsp3) is 0.562. The molecule has 0 spiro atoms. The van der Waals surface area contributed by atoms with Gasteiger partial charge in [0.1, 0.15) is 5.75 Å². The minimum atomic E-state index is -0.00453. The SMILES string of the molecule is CCC(CC)C(Br)CNC(=O)c1ccc2c(c1)CCO2. The first-order chi connectivity index (χ1) is 9.65. The van der Waals surface area contributed by atoms with Crippen LogP contribution in [0.2, 0.25) is 0 Å². The third kappa shape index (κ3) is 3.54. The largest absolute Gasteiger partial charge is 0.493 e. The van der Waals surface area contributed by atoms with Gasteiger partial charge in [-0.05, 0) is 29.7 Å². The predicted molar refractivity (Wildman–Crippen MR) is 84.8 cm³/mol. The molecule has 1 unspecified atom stereocenters. The number of benzene rings is 1. The molecular weight excluding hydrogens is 318 g/mol. The van der Waals surface area contributed by atoms with E-state index in [1.807, 2.05) is 18.2 Å². The van der Waals surface area contributed by atoms with E-state index in [-0.39, 0.29) is 5.91 Å². The summed E-state index contributed by atoms with van der Waals surface area (Å²) in [5, 5.41) is 3.01. The van der Waals surface area contributed by atoms with Crippen LogP contribution in [0.1, 0.15) is 42.6 Å². The van der Waals surface area contributed by atoms with Gasteiger partial charge < -0.3 is 10.1 Å². The Hall–Kier alpha value is -1.03. The summed E-state index contributed by atoms with van der Waals surface area (Å²) >= 11 is 3.68. The number of halogens is 1. The van der Waals surface area contributed by atoms with Crippen LogP contribution in [0.25, 0.3) is 0 Å². The molecule has 20 heavy (non-hydrogen) atoms. The molecule has 0 aromatic heterocycles. The van der Waals surface area contributed by atoms with E-state index < -0.39 is 0 Å². The van der Waals surface area contributed by atoms with Gasteiger partial charge in [0.15, 0.2) is 0 Å². The van der Waals surface area contributed by atoms with Crippen molar-refractivity contribution in [3.05, 3.63) is 29.3 Å². The summed E-state index contributed by atoms with van der Waals surface area (Å²) in [6.45, 7) is 5.76. The van der Waals surface area contributed by atoms with Gasteiger partial charge in [0.05, 0.1) is 6.61 Å². The Kier molecular flexibility index (Phi) is 5.46. The average Bonchev–Trinajstić information content (AvgIpc) is 2.93. The second-order valence-electron chi connectivity index (χ2n) is 5.22. The number of fused-ring (bicyclic) bond motifs is 1. The minimum absolute atomic E-state index is 0.00453. The topological polar surface area (TPSA) is 38.3 Å². The van der Waals surface area contributed by atoms with E-state index in [0.29, 0.717) is 17.3 Å². The highest BCUT2D eigenvalue weighted by Gasteiger charge is 2.18. The summed E-state index contributed by atoms with van der Waals surface area (Å²) in [5.74, 6) is 1.51. The van der Waals surface area contributed by atoms with Crippen molar-refractivity contribution >= 4 is 21.8 Å². The second kappa shape index (κ2) is 7.11. The van der Waals surface area contributed by atoms with Crippen molar-refractivity contribution in [1.29, 1.82) is 0 Å². The Morgan fingerprint density at radius 2 is 2.15 bits per heavy atom. The van der Waals surface area contributed by atoms with Crippen LogP contribution in [0, 0.1) is 5.92 Å². The van der Waals surface area contributed by atoms with Crippen LogP contribution in [0.15, 0.2) is 18.2 Å². The van der Waals surface area contributed by atoms with Crippen molar-refractivity contribution in [3.8, 4) is 5.75 Å². The molecule has 1 amide bonds. The molecule has 0 fully saturated rings. The average molecular weight is 340 g/mol. The molecule has 3 nitrogen and oxygen atoms in total.